The molecule has 3 aromatic rings. The van der Waals surface area contributed by atoms with Gasteiger partial charge in [-0.2, -0.15) is 0 Å². The molecule has 1 aromatic heterocycles. The number of aromatic nitrogens is 2. The van der Waals surface area contributed by atoms with E-state index in [-0.39, 0.29) is 5.91 Å². The first-order valence-electron chi connectivity index (χ1n) is 7.77. The number of carbonyl (C=O) groups is 1. The van der Waals surface area contributed by atoms with E-state index >= 15 is 0 Å². The molecule has 0 aliphatic carbocycles. The number of nitrogens with zero attached hydrogens (tertiary/aromatic N) is 2. The molecule has 24 heavy (non-hydrogen) atoms. The fraction of sp³-hybridized carbons (Fsp3) is 0.222. The molecule has 4 nitrogen and oxygen atoms in total. The molecule has 0 spiro atoms. The first-order chi connectivity index (χ1) is 11.7. The van der Waals surface area contributed by atoms with Crippen LogP contribution in [0.2, 0.25) is 5.02 Å². The Morgan fingerprint density at radius 1 is 1.21 bits per heavy atom. The minimum absolute atomic E-state index is 0.0328. The number of amides is 1. The second-order valence-electron chi connectivity index (χ2n) is 5.28. The number of hydrogen-bond acceptors (Lipinski definition) is 3. The average Bonchev–Trinajstić information content (AvgIpc) is 2.96. The minimum Gasteiger partial charge on any atom is -0.351 e. The second-order valence-corrected chi connectivity index (χ2v) is 6.63. The van der Waals surface area contributed by atoms with Gasteiger partial charge in [-0.25, -0.2) is 4.98 Å². The van der Waals surface area contributed by atoms with Gasteiger partial charge < -0.3 is 9.88 Å². The fourth-order valence-electron chi connectivity index (χ4n) is 2.49. The molecule has 0 bridgehead atoms. The second kappa shape index (κ2) is 7.73. The van der Waals surface area contributed by atoms with Crippen molar-refractivity contribution in [1.82, 2.24) is 14.9 Å². The number of thioether (sulfide) groups is 1. The van der Waals surface area contributed by atoms with Gasteiger partial charge in [0.2, 0.25) is 5.91 Å². The summed E-state index contributed by atoms with van der Waals surface area (Å²) in [5, 5.41) is 4.43. The SMILES string of the molecule is CCn1c(SCC(=O)NCc2ccccc2Cl)nc2ccccc21. The molecule has 1 heterocycles. The maximum atomic E-state index is 12.1. The van der Waals surface area contributed by atoms with Gasteiger partial charge in [-0.15, -0.1) is 0 Å². The Labute approximate surface area is 150 Å². The number of para-hydroxylation sites is 2. The number of hydrogen-bond donors (Lipinski definition) is 1. The van der Waals surface area contributed by atoms with E-state index in [0.29, 0.717) is 17.3 Å². The first-order valence-corrected chi connectivity index (χ1v) is 9.13. The molecule has 0 aliphatic heterocycles. The topological polar surface area (TPSA) is 46.9 Å². The Bertz CT molecular complexity index is 862. The molecule has 0 fully saturated rings. The normalized spacial score (nSPS) is 10.9. The number of nitrogens with one attached hydrogen (secondary N) is 1. The van der Waals surface area contributed by atoms with Crippen LogP contribution in [0.25, 0.3) is 11.0 Å². The van der Waals surface area contributed by atoms with Crippen molar-refractivity contribution in [3.63, 3.8) is 0 Å². The standard InChI is InChI=1S/C18H18ClN3OS/c1-2-22-16-10-6-5-9-15(16)21-18(22)24-12-17(23)20-11-13-7-3-4-8-14(13)19/h3-10H,2,11-12H2,1H3,(H,20,23). The van der Waals surface area contributed by atoms with Gasteiger partial charge in [0, 0.05) is 18.1 Å². The number of imidazole rings is 1. The molecule has 0 radical (unpaired) electrons. The van der Waals surface area contributed by atoms with Crippen molar-refractivity contribution < 1.29 is 4.79 Å². The van der Waals surface area contributed by atoms with E-state index in [2.05, 4.69) is 21.8 Å². The molecule has 0 saturated heterocycles. The van der Waals surface area contributed by atoms with E-state index < -0.39 is 0 Å². The Morgan fingerprint density at radius 2 is 1.96 bits per heavy atom. The summed E-state index contributed by atoms with van der Waals surface area (Å²) in [6, 6.07) is 15.5. The van der Waals surface area contributed by atoms with Crippen LogP contribution in [-0.4, -0.2) is 21.2 Å². The molecular weight excluding hydrogens is 342 g/mol. The zero-order valence-electron chi connectivity index (χ0n) is 13.3. The Hall–Kier alpha value is -1.98. The molecule has 6 heteroatoms. The van der Waals surface area contributed by atoms with E-state index in [1.54, 1.807) is 0 Å². The van der Waals surface area contributed by atoms with Gasteiger partial charge in [-0.05, 0) is 30.7 Å². The van der Waals surface area contributed by atoms with E-state index in [9.17, 15) is 4.79 Å². The highest BCUT2D eigenvalue weighted by molar-refractivity contribution is 7.99. The van der Waals surface area contributed by atoms with Crippen LogP contribution in [0.4, 0.5) is 0 Å². The number of halogens is 1. The zero-order chi connectivity index (χ0) is 16.9. The van der Waals surface area contributed by atoms with Gasteiger partial charge in [-0.3, -0.25) is 4.79 Å². The molecule has 1 N–H and O–H groups in total. The Balaban J connectivity index is 1.61. The van der Waals surface area contributed by atoms with Gasteiger partial charge in [0.1, 0.15) is 0 Å². The molecule has 124 valence electrons. The van der Waals surface area contributed by atoms with Crippen LogP contribution in [0.15, 0.2) is 53.7 Å². The Morgan fingerprint density at radius 3 is 2.75 bits per heavy atom. The smallest absolute Gasteiger partial charge is 0.230 e. The quantitative estimate of drug-likeness (QED) is 0.673. The summed E-state index contributed by atoms with van der Waals surface area (Å²) < 4.78 is 2.13. The lowest BCUT2D eigenvalue weighted by Crippen LogP contribution is -2.24. The van der Waals surface area contributed by atoms with Crippen molar-refractivity contribution >= 4 is 40.3 Å². The highest BCUT2D eigenvalue weighted by Gasteiger charge is 2.11. The van der Waals surface area contributed by atoms with E-state index in [1.165, 1.54) is 11.8 Å². The predicted octanol–water partition coefficient (Wildman–Crippen LogP) is 4.12. The molecule has 0 aliphatic rings. The lowest BCUT2D eigenvalue weighted by atomic mass is 10.2. The maximum absolute atomic E-state index is 12.1. The maximum Gasteiger partial charge on any atom is 0.230 e. The van der Waals surface area contributed by atoms with Gasteiger partial charge >= 0.3 is 0 Å². The van der Waals surface area contributed by atoms with Crippen molar-refractivity contribution in [3.05, 3.63) is 59.1 Å². The summed E-state index contributed by atoms with van der Waals surface area (Å²) in [5.41, 5.74) is 2.97. The third-order valence-corrected chi connectivity index (χ3v) is 5.05. The third-order valence-electron chi connectivity index (χ3n) is 3.70. The average molecular weight is 360 g/mol. The van der Waals surface area contributed by atoms with E-state index in [4.69, 9.17) is 11.6 Å². The molecule has 0 unspecified atom stereocenters. The van der Waals surface area contributed by atoms with Crippen molar-refractivity contribution in [3.8, 4) is 0 Å². The van der Waals surface area contributed by atoms with Gasteiger partial charge in [0.05, 0.1) is 16.8 Å². The van der Waals surface area contributed by atoms with Crippen molar-refractivity contribution in [2.24, 2.45) is 0 Å². The van der Waals surface area contributed by atoms with Crippen LogP contribution in [0.5, 0.6) is 0 Å². The van der Waals surface area contributed by atoms with Gasteiger partial charge in [0.15, 0.2) is 5.16 Å². The first kappa shape index (κ1) is 16.9. The summed E-state index contributed by atoms with van der Waals surface area (Å²) in [6.07, 6.45) is 0. The Kier molecular flexibility index (Phi) is 5.43. The molecule has 3 rings (SSSR count). The van der Waals surface area contributed by atoms with Gasteiger partial charge in [-0.1, -0.05) is 53.7 Å². The number of rotatable bonds is 6. The molecule has 0 saturated carbocycles. The van der Waals surface area contributed by atoms with E-state index in [0.717, 1.165) is 28.3 Å². The van der Waals surface area contributed by atoms with Crippen molar-refractivity contribution in [2.45, 2.75) is 25.2 Å². The predicted molar refractivity (Wildman–Crippen MR) is 99.4 cm³/mol. The zero-order valence-corrected chi connectivity index (χ0v) is 14.9. The van der Waals surface area contributed by atoms with Crippen molar-refractivity contribution in [1.29, 1.82) is 0 Å². The van der Waals surface area contributed by atoms with Crippen LogP contribution >= 0.6 is 23.4 Å². The number of carbonyl (C=O) groups excluding carboxylic acids is 1. The van der Waals surface area contributed by atoms with Crippen LogP contribution in [-0.2, 0) is 17.9 Å². The van der Waals surface area contributed by atoms with Crippen LogP contribution in [0.1, 0.15) is 12.5 Å². The number of fused-ring (bicyclic) bond motifs is 1. The fourth-order valence-corrected chi connectivity index (χ4v) is 3.60. The highest BCUT2D eigenvalue weighted by atomic mass is 35.5. The summed E-state index contributed by atoms with van der Waals surface area (Å²) >= 11 is 7.55. The third kappa shape index (κ3) is 3.74. The largest absolute Gasteiger partial charge is 0.351 e. The monoisotopic (exact) mass is 359 g/mol. The van der Waals surface area contributed by atoms with Gasteiger partial charge in [0.25, 0.3) is 0 Å². The molecule has 0 atom stereocenters. The van der Waals surface area contributed by atoms with Crippen LogP contribution in [0, 0.1) is 0 Å². The molecular formula is C18H18ClN3OS. The molecule has 1 amide bonds. The van der Waals surface area contributed by atoms with Crippen LogP contribution in [0.3, 0.4) is 0 Å². The summed E-state index contributed by atoms with van der Waals surface area (Å²) in [4.78, 5) is 16.7. The summed E-state index contributed by atoms with van der Waals surface area (Å²) in [6.45, 7) is 3.34. The molecule has 2 aromatic carbocycles. The summed E-state index contributed by atoms with van der Waals surface area (Å²) in [5.74, 6) is 0.294. The van der Waals surface area contributed by atoms with Crippen LogP contribution < -0.4 is 5.32 Å². The summed E-state index contributed by atoms with van der Waals surface area (Å²) in [7, 11) is 0. The minimum atomic E-state index is -0.0328. The van der Waals surface area contributed by atoms with Crippen molar-refractivity contribution in [2.75, 3.05) is 5.75 Å². The highest BCUT2D eigenvalue weighted by Crippen LogP contribution is 2.23. The lowest BCUT2D eigenvalue weighted by molar-refractivity contribution is -0.118. The number of benzene rings is 2. The lowest BCUT2D eigenvalue weighted by Gasteiger charge is -2.08. The number of aryl methyl sites for hydroxylation is 1. The van der Waals surface area contributed by atoms with E-state index in [1.807, 2.05) is 48.5 Å².